The maximum Gasteiger partial charge on any atom is 0.302 e. The maximum absolute atomic E-state index is 12.5. The van der Waals surface area contributed by atoms with Crippen molar-refractivity contribution in [2.24, 2.45) is 22.2 Å². The highest BCUT2D eigenvalue weighted by molar-refractivity contribution is 5.93. The fraction of sp³-hybridized carbons (Fsp3) is 0.750. The largest absolute Gasteiger partial charge is 0.461 e. The van der Waals surface area contributed by atoms with E-state index in [1.54, 1.807) is 6.08 Å². The molecule has 3 aliphatic rings. The highest BCUT2D eigenvalue weighted by atomic mass is 16.5. The van der Waals surface area contributed by atoms with Crippen LogP contribution in [0.2, 0.25) is 0 Å². The molecule has 4 atom stereocenters. The van der Waals surface area contributed by atoms with Gasteiger partial charge in [0.1, 0.15) is 11.9 Å². The highest BCUT2D eigenvalue weighted by Gasteiger charge is 2.61. The van der Waals surface area contributed by atoms with Crippen molar-refractivity contribution < 1.29 is 19.1 Å². The average molecular weight is 332 g/mol. The van der Waals surface area contributed by atoms with Crippen LogP contribution in [-0.2, 0) is 19.1 Å². The van der Waals surface area contributed by atoms with Gasteiger partial charge >= 0.3 is 5.97 Å². The summed E-state index contributed by atoms with van der Waals surface area (Å²) in [5, 5.41) is 0. The normalized spacial score (nSPS) is 41.1. The van der Waals surface area contributed by atoms with Gasteiger partial charge in [0, 0.05) is 30.6 Å². The Morgan fingerprint density at radius 3 is 2.42 bits per heavy atom. The van der Waals surface area contributed by atoms with Gasteiger partial charge in [0.15, 0.2) is 5.78 Å². The lowest BCUT2D eigenvalue weighted by atomic mass is 9.43. The second-order valence-electron chi connectivity index (χ2n) is 8.90. The van der Waals surface area contributed by atoms with Gasteiger partial charge in [0.25, 0.3) is 0 Å². The van der Waals surface area contributed by atoms with E-state index in [0.29, 0.717) is 12.2 Å². The van der Waals surface area contributed by atoms with E-state index < -0.39 is 0 Å². The molecule has 0 saturated heterocycles. The Balaban J connectivity index is 2.08. The van der Waals surface area contributed by atoms with Crippen molar-refractivity contribution in [3.63, 3.8) is 0 Å². The number of ether oxygens (including phenoxy) is 1. The lowest BCUT2D eigenvalue weighted by molar-refractivity contribution is -0.159. The SMILES string of the molecule is CC(=O)O[C@@H]1CC(=O)C=C2C1(C)CC[C@H]1C(C)(C)C(=O)CCC21C. The molecule has 3 rings (SSSR count). The molecule has 0 aliphatic heterocycles. The predicted octanol–water partition coefficient (Wildman–Crippen LogP) is 3.63. The van der Waals surface area contributed by atoms with Crippen LogP contribution in [0.4, 0.5) is 0 Å². The number of allylic oxidation sites excluding steroid dienone is 1. The number of carbonyl (C=O) groups excluding carboxylic acids is 3. The summed E-state index contributed by atoms with van der Waals surface area (Å²) >= 11 is 0. The fourth-order valence-electron chi connectivity index (χ4n) is 5.76. The second-order valence-corrected chi connectivity index (χ2v) is 8.90. The highest BCUT2D eigenvalue weighted by Crippen LogP contribution is 2.65. The van der Waals surface area contributed by atoms with Gasteiger partial charge in [0.2, 0.25) is 0 Å². The van der Waals surface area contributed by atoms with Gasteiger partial charge in [-0.25, -0.2) is 0 Å². The number of ketones is 2. The Morgan fingerprint density at radius 1 is 1.12 bits per heavy atom. The first-order valence-corrected chi connectivity index (χ1v) is 8.98. The zero-order valence-corrected chi connectivity index (χ0v) is 15.4. The summed E-state index contributed by atoms with van der Waals surface area (Å²) in [5.74, 6) is 0.259. The number of hydrogen-bond donors (Lipinski definition) is 0. The number of hydrogen-bond acceptors (Lipinski definition) is 4. The van der Waals surface area contributed by atoms with Gasteiger partial charge in [-0.15, -0.1) is 0 Å². The van der Waals surface area contributed by atoms with Crippen LogP contribution >= 0.6 is 0 Å². The Bertz CT molecular complexity index is 644. The minimum atomic E-state index is -0.388. The van der Waals surface area contributed by atoms with Crippen molar-refractivity contribution in [2.75, 3.05) is 0 Å². The zero-order valence-electron chi connectivity index (χ0n) is 15.4. The van der Waals surface area contributed by atoms with Crippen molar-refractivity contribution >= 4 is 17.5 Å². The molecule has 0 N–H and O–H groups in total. The average Bonchev–Trinajstić information content (AvgIpc) is 2.45. The van der Waals surface area contributed by atoms with E-state index in [4.69, 9.17) is 4.74 Å². The first-order chi connectivity index (χ1) is 11.0. The summed E-state index contributed by atoms with van der Waals surface area (Å²) in [4.78, 5) is 36.4. The number of fused-ring (bicyclic) bond motifs is 3. The number of rotatable bonds is 1. The molecule has 0 spiro atoms. The van der Waals surface area contributed by atoms with E-state index in [0.717, 1.165) is 24.8 Å². The Hall–Kier alpha value is -1.45. The molecule has 0 aromatic heterocycles. The standard InChI is InChI=1S/C20H28O4/c1-12(21)24-17-11-13(22)10-15-19(4)9-7-16(23)18(2,3)14(19)6-8-20(15,17)5/h10,14,17H,6-9,11H2,1-5H3/t14-,17+,19?,20?/m0/s1. The van der Waals surface area contributed by atoms with Crippen LogP contribution < -0.4 is 0 Å². The van der Waals surface area contributed by atoms with Gasteiger partial charge in [-0.1, -0.05) is 33.3 Å². The molecule has 4 nitrogen and oxygen atoms in total. The second kappa shape index (κ2) is 5.27. The van der Waals surface area contributed by atoms with Crippen molar-refractivity contribution in [2.45, 2.75) is 72.8 Å². The van der Waals surface area contributed by atoms with Crippen molar-refractivity contribution in [1.82, 2.24) is 0 Å². The van der Waals surface area contributed by atoms with Crippen molar-refractivity contribution in [3.05, 3.63) is 11.6 Å². The third-order valence-corrected chi connectivity index (χ3v) is 7.12. The van der Waals surface area contributed by atoms with E-state index in [1.165, 1.54) is 6.92 Å². The predicted molar refractivity (Wildman–Crippen MR) is 90.2 cm³/mol. The van der Waals surface area contributed by atoms with Crippen molar-refractivity contribution in [1.29, 1.82) is 0 Å². The van der Waals surface area contributed by atoms with E-state index in [2.05, 4.69) is 27.7 Å². The molecule has 0 aromatic rings. The molecule has 0 amide bonds. The molecule has 2 unspecified atom stereocenters. The number of Topliss-reactive ketones (excluding diaryl/α,β-unsaturated/α-hetero) is 1. The van der Waals surface area contributed by atoms with E-state index >= 15 is 0 Å². The molecule has 4 heteroatoms. The molecule has 0 radical (unpaired) electrons. The summed E-state index contributed by atoms with van der Waals surface area (Å²) in [7, 11) is 0. The first kappa shape index (κ1) is 17.4. The van der Waals surface area contributed by atoms with Gasteiger partial charge in [0.05, 0.1) is 0 Å². The van der Waals surface area contributed by atoms with Crippen LogP contribution in [0.25, 0.3) is 0 Å². The molecule has 2 fully saturated rings. The van der Waals surface area contributed by atoms with Gasteiger partial charge in [-0.05, 0) is 36.7 Å². The Labute approximate surface area is 144 Å². The van der Waals surface area contributed by atoms with Crippen LogP contribution in [0.5, 0.6) is 0 Å². The molecule has 2 saturated carbocycles. The summed E-state index contributed by atoms with van der Waals surface area (Å²) in [6.45, 7) is 9.84. The maximum atomic E-state index is 12.5. The summed E-state index contributed by atoms with van der Waals surface area (Å²) in [6.07, 6.45) is 4.79. The Kier molecular flexibility index (Phi) is 3.82. The minimum absolute atomic E-state index is 0.0327. The topological polar surface area (TPSA) is 60.4 Å². The molecule has 24 heavy (non-hydrogen) atoms. The number of carbonyl (C=O) groups is 3. The molecule has 3 aliphatic carbocycles. The zero-order chi connectivity index (χ0) is 17.9. The van der Waals surface area contributed by atoms with Crippen LogP contribution in [0.3, 0.4) is 0 Å². The van der Waals surface area contributed by atoms with Gasteiger partial charge in [-0.2, -0.15) is 0 Å². The summed E-state index contributed by atoms with van der Waals surface area (Å²) < 4.78 is 5.56. The molecule has 0 aromatic carbocycles. The molecule has 132 valence electrons. The van der Waals surface area contributed by atoms with Gasteiger partial charge < -0.3 is 4.74 Å². The first-order valence-electron chi connectivity index (χ1n) is 8.98. The molecule has 0 bridgehead atoms. The van der Waals surface area contributed by atoms with Crippen LogP contribution in [0.15, 0.2) is 11.6 Å². The lowest BCUT2D eigenvalue weighted by Gasteiger charge is -2.60. The summed E-state index contributed by atoms with van der Waals surface area (Å²) in [6, 6.07) is 0. The van der Waals surface area contributed by atoms with Crippen LogP contribution in [0.1, 0.15) is 66.7 Å². The monoisotopic (exact) mass is 332 g/mol. The molecular weight excluding hydrogens is 304 g/mol. The third-order valence-electron chi connectivity index (χ3n) is 7.12. The minimum Gasteiger partial charge on any atom is -0.461 e. The van der Waals surface area contributed by atoms with Crippen LogP contribution in [0, 0.1) is 22.2 Å². The fourth-order valence-corrected chi connectivity index (χ4v) is 5.76. The summed E-state index contributed by atoms with van der Waals surface area (Å²) in [5.41, 5.74) is 0.251. The third kappa shape index (κ3) is 2.29. The smallest absolute Gasteiger partial charge is 0.302 e. The quantitative estimate of drug-likeness (QED) is 0.688. The van der Waals surface area contributed by atoms with E-state index in [9.17, 15) is 14.4 Å². The van der Waals surface area contributed by atoms with E-state index in [1.807, 2.05) is 0 Å². The van der Waals surface area contributed by atoms with Crippen LogP contribution in [-0.4, -0.2) is 23.6 Å². The van der Waals surface area contributed by atoms with Gasteiger partial charge in [-0.3, -0.25) is 14.4 Å². The van der Waals surface area contributed by atoms with Crippen molar-refractivity contribution in [3.8, 4) is 0 Å². The Morgan fingerprint density at radius 2 is 1.79 bits per heavy atom. The molecular formula is C20H28O4. The lowest BCUT2D eigenvalue weighted by Crippen LogP contribution is -2.57. The van der Waals surface area contributed by atoms with E-state index in [-0.39, 0.29) is 46.4 Å². The molecule has 0 heterocycles. The number of esters is 1.